The van der Waals surface area contributed by atoms with E-state index < -0.39 is 0 Å². The molecule has 1 aromatic heterocycles. The lowest BCUT2D eigenvalue weighted by Crippen LogP contribution is -2.32. The summed E-state index contributed by atoms with van der Waals surface area (Å²) in [6.07, 6.45) is 5.18. The molecule has 2 aromatic rings. The predicted octanol–water partition coefficient (Wildman–Crippen LogP) is 2.94. The number of hydrogen-bond donors (Lipinski definition) is 2. The number of allylic oxidation sites excluding steroid dienone is 1. The molecule has 8 nitrogen and oxygen atoms in total. The quantitative estimate of drug-likeness (QED) is 0.343. The van der Waals surface area contributed by atoms with Crippen LogP contribution in [-0.4, -0.2) is 58.6 Å². The number of carbonyl (C=O) groups is 1. The first-order chi connectivity index (χ1) is 14.2. The number of ketones is 1. The van der Waals surface area contributed by atoms with E-state index >= 15 is 0 Å². The largest absolute Gasteiger partial charge is 0.491 e. The van der Waals surface area contributed by atoms with Gasteiger partial charge in [0.15, 0.2) is 11.6 Å². The SMILES string of the molecule is CC(=N)/N=C(\NC(C)C)c1cn2c(n1)-c1ccc(C(=O)/C=C/N(C)C)cc1OCC2. The molecule has 0 spiro atoms. The topological polar surface area (TPSA) is 95.6 Å². The summed E-state index contributed by atoms with van der Waals surface area (Å²) in [5, 5.41) is 11.0. The van der Waals surface area contributed by atoms with Gasteiger partial charge >= 0.3 is 0 Å². The summed E-state index contributed by atoms with van der Waals surface area (Å²) in [5.74, 6) is 2.08. The van der Waals surface area contributed by atoms with Crippen molar-refractivity contribution in [2.75, 3.05) is 20.7 Å². The van der Waals surface area contributed by atoms with Gasteiger partial charge in [-0.15, -0.1) is 0 Å². The maximum Gasteiger partial charge on any atom is 0.187 e. The molecule has 0 unspecified atom stereocenters. The number of nitrogens with zero attached hydrogens (tertiary/aromatic N) is 4. The van der Waals surface area contributed by atoms with Gasteiger partial charge in [-0.3, -0.25) is 10.2 Å². The average molecular weight is 409 g/mol. The molecule has 0 saturated heterocycles. The van der Waals surface area contributed by atoms with Crippen molar-refractivity contribution in [3.63, 3.8) is 0 Å². The first-order valence-corrected chi connectivity index (χ1v) is 9.88. The first-order valence-electron chi connectivity index (χ1n) is 9.88. The van der Waals surface area contributed by atoms with E-state index in [0.29, 0.717) is 36.0 Å². The predicted molar refractivity (Wildman–Crippen MR) is 119 cm³/mol. The fourth-order valence-corrected chi connectivity index (χ4v) is 3.07. The molecular formula is C22H28N6O2. The molecule has 2 N–H and O–H groups in total. The fourth-order valence-electron chi connectivity index (χ4n) is 3.07. The Balaban J connectivity index is 2.00. The van der Waals surface area contributed by atoms with Crippen molar-refractivity contribution in [3.05, 3.63) is 47.9 Å². The van der Waals surface area contributed by atoms with Crippen molar-refractivity contribution in [2.45, 2.75) is 33.4 Å². The molecule has 0 saturated carbocycles. The lowest BCUT2D eigenvalue weighted by Gasteiger charge is -2.11. The Morgan fingerprint density at radius 3 is 2.83 bits per heavy atom. The van der Waals surface area contributed by atoms with Gasteiger partial charge in [-0.25, -0.2) is 9.98 Å². The van der Waals surface area contributed by atoms with Gasteiger partial charge in [0.25, 0.3) is 0 Å². The van der Waals surface area contributed by atoms with Crippen molar-refractivity contribution in [3.8, 4) is 17.1 Å². The minimum absolute atomic E-state index is 0.0830. The zero-order valence-electron chi connectivity index (χ0n) is 18.1. The van der Waals surface area contributed by atoms with Crippen molar-refractivity contribution < 1.29 is 9.53 Å². The third-order valence-corrected chi connectivity index (χ3v) is 4.34. The Labute approximate surface area is 176 Å². The summed E-state index contributed by atoms with van der Waals surface area (Å²) in [6.45, 7) is 6.76. The Kier molecular flexibility index (Phi) is 6.34. The fraction of sp³-hybridized carbons (Fsp3) is 0.364. The summed E-state index contributed by atoms with van der Waals surface area (Å²) < 4.78 is 7.93. The highest BCUT2D eigenvalue weighted by Crippen LogP contribution is 2.33. The van der Waals surface area contributed by atoms with Crippen LogP contribution in [0.3, 0.4) is 0 Å². The molecule has 0 atom stereocenters. The molecule has 30 heavy (non-hydrogen) atoms. The van der Waals surface area contributed by atoms with Crippen LogP contribution in [0.1, 0.15) is 36.8 Å². The number of aromatic nitrogens is 2. The van der Waals surface area contributed by atoms with Crippen LogP contribution < -0.4 is 10.1 Å². The van der Waals surface area contributed by atoms with Crippen LogP contribution in [0, 0.1) is 5.41 Å². The molecular weight excluding hydrogens is 380 g/mol. The summed E-state index contributed by atoms with van der Waals surface area (Å²) >= 11 is 0. The van der Waals surface area contributed by atoms with Gasteiger partial charge in [0.05, 0.1) is 12.1 Å². The van der Waals surface area contributed by atoms with Gasteiger partial charge in [-0.05, 0) is 32.9 Å². The number of benzene rings is 1. The third-order valence-electron chi connectivity index (χ3n) is 4.34. The van der Waals surface area contributed by atoms with Crippen LogP contribution in [0.2, 0.25) is 0 Å². The second-order valence-electron chi connectivity index (χ2n) is 7.69. The van der Waals surface area contributed by atoms with Crippen molar-refractivity contribution in [1.29, 1.82) is 5.41 Å². The monoisotopic (exact) mass is 408 g/mol. The number of rotatable bonds is 5. The summed E-state index contributed by atoms with van der Waals surface area (Å²) in [6, 6.07) is 5.58. The van der Waals surface area contributed by atoms with Crippen LogP contribution in [-0.2, 0) is 6.54 Å². The van der Waals surface area contributed by atoms with Gasteiger partial charge in [-0.1, -0.05) is 6.07 Å². The van der Waals surface area contributed by atoms with Gasteiger partial charge < -0.3 is 19.5 Å². The second kappa shape index (κ2) is 8.94. The zero-order chi connectivity index (χ0) is 21.8. The summed E-state index contributed by atoms with van der Waals surface area (Å²) in [5.41, 5.74) is 2.06. The van der Waals surface area contributed by atoms with Gasteiger partial charge in [0.2, 0.25) is 0 Å². The van der Waals surface area contributed by atoms with Crippen LogP contribution in [0.25, 0.3) is 11.4 Å². The normalized spacial score (nSPS) is 13.5. The summed E-state index contributed by atoms with van der Waals surface area (Å²) in [7, 11) is 3.74. The van der Waals surface area contributed by atoms with Crippen LogP contribution in [0.4, 0.5) is 0 Å². The van der Waals surface area contributed by atoms with Crippen molar-refractivity contribution in [2.24, 2.45) is 4.99 Å². The molecule has 158 valence electrons. The van der Waals surface area contributed by atoms with Gasteiger partial charge in [0, 0.05) is 44.2 Å². The van der Waals surface area contributed by atoms with E-state index in [2.05, 4.69) is 10.3 Å². The van der Waals surface area contributed by atoms with E-state index in [1.54, 1.807) is 25.3 Å². The number of carbonyl (C=O) groups excluding carboxylic acids is 1. The molecule has 0 bridgehead atoms. The van der Waals surface area contributed by atoms with Crippen LogP contribution >= 0.6 is 0 Å². The van der Waals surface area contributed by atoms with Crippen LogP contribution in [0.5, 0.6) is 5.75 Å². The summed E-state index contributed by atoms with van der Waals surface area (Å²) in [4.78, 5) is 23.3. The average Bonchev–Trinajstić information content (AvgIpc) is 3.01. The smallest absolute Gasteiger partial charge is 0.187 e. The lowest BCUT2D eigenvalue weighted by molar-refractivity contribution is 0.104. The minimum Gasteiger partial charge on any atom is -0.491 e. The lowest BCUT2D eigenvalue weighted by atomic mass is 10.1. The third kappa shape index (κ3) is 4.94. The number of nitrogens with one attached hydrogen (secondary N) is 2. The number of hydrogen-bond acceptors (Lipinski definition) is 5. The maximum absolute atomic E-state index is 12.4. The Morgan fingerprint density at radius 2 is 2.17 bits per heavy atom. The Hall–Kier alpha value is -3.42. The van der Waals surface area contributed by atoms with Crippen molar-refractivity contribution >= 4 is 17.5 Å². The standard InChI is InChI=1S/C22H28N6O2/c1-14(2)24-21(25-15(3)23)18-13-28-10-11-30-20-12-16(19(29)8-9-27(4)5)6-7-17(20)22(28)26-18/h6-9,12-14H,10-11H2,1-5H3,(H2,23,24,25)/b9-8+. The molecule has 1 aliphatic heterocycles. The number of imidazole rings is 1. The van der Waals surface area contributed by atoms with E-state index in [9.17, 15) is 4.79 Å². The minimum atomic E-state index is -0.0830. The molecule has 1 aliphatic rings. The molecule has 1 aromatic carbocycles. The molecule has 3 rings (SSSR count). The highest BCUT2D eigenvalue weighted by molar-refractivity contribution is 6.05. The number of ether oxygens (including phenoxy) is 1. The van der Waals surface area contributed by atoms with E-state index in [0.717, 1.165) is 11.4 Å². The van der Waals surface area contributed by atoms with E-state index in [-0.39, 0.29) is 17.7 Å². The first kappa shape index (κ1) is 21.3. The molecule has 0 fully saturated rings. The van der Waals surface area contributed by atoms with E-state index in [4.69, 9.17) is 15.1 Å². The molecule has 0 amide bonds. The Morgan fingerprint density at radius 1 is 1.40 bits per heavy atom. The molecule has 2 heterocycles. The molecule has 0 radical (unpaired) electrons. The maximum atomic E-state index is 12.4. The van der Waals surface area contributed by atoms with Crippen molar-refractivity contribution in [1.82, 2.24) is 19.8 Å². The van der Waals surface area contributed by atoms with Gasteiger partial charge in [0.1, 0.15) is 29.7 Å². The second-order valence-corrected chi connectivity index (χ2v) is 7.69. The molecule has 8 heteroatoms. The Bertz CT molecular complexity index is 1020. The molecule has 0 aliphatic carbocycles. The number of fused-ring (bicyclic) bond motifs is 3. The highest BCUT2D eigenvalue weighted by Gasteiger charge is 2.21. The number of aliphatic imine (C=N–C) groups is 1. The van der Waals surface area contributed by atoms with E-state index in [1.807, 2.05) is 49.7 Å². The zero-order valence-corrected chi connectivity index (χ0v) is 18.1. The number of amidine groups is 2. The highest BCUT2D eigenvalue weighted by atomic mass is 16.5. The van der Waals surface area contributed by atoms with Crippen LogP contribution in [0.15, 0.2) is 41.7 Å². The van der Waals surface area contributed by atoms with Gasteiger partial charge in [-0.2, -0.15) is 0 Å². The van der Waals surface area contributed by atoms with E-state index in [1.165, 1.54) is 6.08 Å².